The first kappa shape index (κ1) is 26.1. The van der Waals surface area contributed by atoms with Crippen LogP contribution < -0.4 is 25.4 Å². The van der Waals surface area contributed by atoms with Crippen molar-refractivity contribution in [1.29, 1.82) is 0 Å². The quantitative estimate of drug-likeness (QED) is 0.242. The SMILES string of the molecule is C[C@@H]1C(=O)NC(=O)[C@H]1C(=O)C(NC(=O)C[C@H](NC(=O)/C=C/c1ccc2c(c1)OCO2)c1ccccc1)C1CC1. The van der Waals surface area contributed by atoms with Gasteiger partial charge in [0.05, 0.1) is 24.4 Å². The molecule has 0 spiro atoms. The van der Waals surface area contributed by atoms with E-state index >= 15 is 0 Å². The monoisotopic (exact) mass is 531 g/mol. The van der Waals surface area contributed by atoms with Gasteiger partial charge in [-0.15, -0.1) is 0 Å². The predicted octanol–water partition coefficient (Wildman–Crippen LogP) is 2.05. The lowest BCUT2D eigenvalue weighted by molar-refractivity contribution is -0.137. The lowest BCUT2D eigenvalue weighted by atomic mass is 9.87. The molecule has 0 radical (unpaired) electrons. The third-order valence-electron chi connectivity index (χ3n) is 7.20. The molecule has 2 aromatic carbocycles. The Balaban J connectivity index is 1.26. The molecule has 5 rings (SSSR count). The molecular formula is C29H29N3O7. The third kappa shape index (κ3) is 6.00. The summed E-state index contributed by atoms with van der Waals surface area (Å²) in [6, 6.07) is 12.9. The minimum atomic E-state index is -1.12. The summed E-state index contributed by atoms with van der Waals surface area (Å²) in [6.45, 7) is 1.69. The highest BCUT2D eigenvalue weighted by Gasteiger charge is 2.49. The Morgan fingerprint density at radius 1 is 1.00 bits per heavy atom. The Labute approximate surface area is 225 Å². The summed E-state index contributed by atoms with van der Waals surface area (Å²) in [5.74, 6) is -3.13. The average Bonchev–Trinajstić information content (AvgIpc) is 3.60. The minimum absolute atomic E-state index is 0.0773. The van der Waals surface area contributed by atoms with E-state index in [0.717, 1.165) is 24.0 Å². The van der Waals surface area contributed by atoms with Gasteiger partial charge in [0.1, 0.15) is 5.92 Å². The number of imide groups is 1. The third-order valence-corrected chi connectivity index (χ3v) is 7.20. The van der Waals surface area contributed by atoms with Gasteiger partial charge in [-0.25, -0.2) is 0 Å². The fraction of sp³-hybridized carbons (Fsp3) is 0.345. The number of carbonyl (C=O) groups excluding carboxylic acids is 5. The number of hydrogen-bond donors (Lipinski definition) is 3. The Kier molecular flexibility index (Phi) is 7.44. The molecule has 1 saturated carbocycles. The van der Waals surface area contributed by atoms with E-state index in [-0.39, 0.29) is 19.1 Å². The molecule has 2 aromatic rings. The number of ether oxygens (including phenoxy) is 2. The smallest absolute Gasteiger partial charge is 0.244 e. The van der Waals surface area contributed by atoms with Gasteiger partial charge >= 0.3 is 0 Å². The fourth-order valence-electron chi connectivity index (χ4n) is 4.88. The maximum absolute atomic E-state index is 13.2. The van der Waals surface area contributed by atoms with E-state index in [1.165, 1.54) is 13.0 Å². The highest BCUT2D eigenvalue weighted by molar-refractivity contribution is 6.16. The normalized spacial score (nSPS) is 21.4. The number of hydrogen-bond acceptors (Lipinski definition) is 7. The number of carbonyl (C=O) groups is 5. The van der Waals surface area contributed by atoms with Gasteiger partial charge in [-0.1, -0.05) is 43.3 Å². The molecule has 4 atom stereocenters. The molecule has 2 aliphatic heterocycles. The fourth-order valence-corrected chi connectivity index (χ4v) is 4.88. The topological polar surface area (TPSA) is 140 Å². The Morgan fingerprint density at radius 3 is 2.44 bits per heavy atom. The van der Waals surface area contributed by atoms with Crippen LogP contribution in [0.1, 0.15) is 43.4 Å². The Hall–Kier alpha value is -4.47. The van der Waals surface area contributed by atoms with Crippen molar-refractivity contribution >= 4 is 35.5 Å². The second-order valence-electron chi connectivity index (χ2n) is 10.0. The summed E-state index contributed by atoms with van der Waals surface area (Å²) in [6.07, 6.45) is 4.39. The molecule has 202 valence electrons. The van der Waals surface area contributed by atoms with Crippen molar-refractivity contribution in [2.24, 2.45) is 17.8 Å². The Morgan fingerprint density at radius 2 is 1.74 bits per heavy atom. The van der Waals surface area contributed by atoms with Crippen LogP contribution in [0.5, 0.6) is 11.5 Å². The lowest BCUT2D eigenvalue weighted by Crippen LogP contribution is -2.48. The number of rotatable bonds is 10. The summed E-state index contributed by atoms with van der Waals surface area (Å²) < 4.78 is 10.7. The number of amides is 4. The minimum Gasteiger partial charge on any atom is -0.454 e. The zero-order valence-corrected chi connectivity index (χ0v) is 21.3. The number of ketones is 1. The van der Waals surface area contributed by atoms with Crippen LogP contribution in [0, 0.1) is 17.8 Å². The van der Waals surface area contributed by atoms with Gasteiger partial charge in [0.25, 0.3) is 0 Å². The summed E-state index contributed by atoms with van der Waals surface area (Å²) in [4.78, 5) is 63.4. The molecule has 3 N–H and O–H groups in total. The number of nitrogens with one attached hydrogen (secondary N) is 3. The molecule has 0 bridgehead atoms. The second kappa shape index (κ2) is 11.1. The summed E-state index contributed by atoms with van der Waals surface area (Å²) in [5.41, 5.74) is 1.47. The maximum atomic E-state index is 13.2. The van der Waals surface area contributed by atoms with E-state index in [0.29, 0.717) is 11.5 Å². The lowest BCUT2D eigenvalue weighted by Gasteiger charge is -2.23. The van der Waals surface area contributed by atoms with E-state index in [9.17, 15) is 24.0 Å². The molecule has 39 heavy (non-hydrogen) atoms. The van der Waals surface area contributed by atoms with Crippen molar-refractivity contribution in [3.63, 3.8) is 0 Å². The van der Waals surface area contributed by atoms with Crippen LogP contribution in [0.2, 0.25) is 0 Å². The van der Waals surface area contributed by atoms with Crippen LogP contribution in [0.15, 0.2) is 54.6 Å². The van der Waals surface area contributed by atoms with Crippen molar-refractivity contribution in [2.45, 2.75) is 38.3 Å². The molecule has 1 unspecified atom stereocenters. The molecule has 10 nitrogen and oxygen atoms in total. The van der Waals surface area contributed by atoms with Crippen molar-refractivity contribution < 1.29 is 33.4 Å². The van der Waals surface area contributed by atoms with E-state index in [2.05, 4.69) is 16.0 Å². The molecule has 3 aliphatic rings. The number of fused-ring (bicyclic) bond motifs is 1. The molecule has 0 aromatic heterocycles. The van der Waals surface area contributed by atoms with Gasteiger partial charge < -0.3 is 20.1 Å². The van der Waals surface area contributed by atoms with Crippen LogP contribution in [0.25, 0.3) is 6.08 Å². The number of Topliss-reactive ketones (excluding diaryl/α,β-unsaturated/α-hetero) is 1. The number of benzene rings is 2. The first-order valence-electron chi connectivity index (χ1n) is 12.9. The maximum Gasteiger partial charge on any atom is 0.244 e. The zero-order chi connectivity index (χ0) is 27.5. The van der Waals surface area contributed by atoms with Crippen molar-refractivity contribution in [2.75, 3.05) is 6.79 Å². The van der Waals surface area contributed by atoms with Crippen molar-refractivity contribution in [1.82, 2.24) is 16.0 Å². The standard InChI is InChI=1S/C29H29N3O7/c1-16-25(29(37)32-28(16)36)27(35)26(19-9-10-19)31-24(34)14-20(18-5-3-2-4-6-18)30-23(33)12-8-17-7-11-21-22(13-17)39-15-38-21/h2-8,11-13,16,19-20,25-26H,9-10,14-15H2,1H3,(H,30,33)(H,31,34)(H,32,36,37)/b12-8+/t16-,20-,25+,26?/m0/s1. The molecular weight excluding hydrogens is 502 g/mol. The summed E-state index contributed by atoms with van der Waals surface area (Å²) in [5, 5.41) is 7.86. The van der Waals surface area contributed by atoms with Gasteiger partial charge in [0.15, 0.2) is 17.3 Å². The highest BCUT2D eigenvalue weighted by atomic mass is 16.7. The first-order valence-corrected chi connectivity index (χ1v) is 12.9. The van der Waals surface area contributed by atoms with E-state index < -0.39 is 53.3 Å². The van der Waals surface area contributed by atoms with Crippen molar-refractivity contribution in [3.8, 4) is 11.5 Å². The van der Waals surface area contributed by atoms with Crippen molar-refractivity contribution in [3.05, 3.63) is 65.7 Å². The summed E-state index contributed by atoms with van der Waals surface area (Å²) in [7, 11) is 0. The van der Waals surface area contributed by atoms with Crippen LogP contribution in [-0.2, 0) is 24.0 Å². The molecule has 10 heteroatoms. The van der Waals surface area contributed by atoms with Crippen LogP contribution in [0.3, 0.4) is 0 Å². The average molecular weight is 532 g/mol. The van der Waals surface area contributed by atoms with Gasteiger partial charge in [0.2, 0.25) is 30.4 Å². The molecule has 2 heterocycles. The molecule has 2 fully saturated rings. The largest absolute Gasteiger partial charge is 0.454 e. The van der Waals surface area contributed by atoms with Gasteiger partial charge in [-0.2, -0.15) is 0 Å². The molecule has 1 saturated heterocycles. The van der Waals surface area contributed by atoms with Gasteiger partial charge in [-0.05, 0) is 48.1 Å². The van der Waals surface area contributed by atoms with E-state index in [1.807, 2.05) is 18.2 Å². The predicted molar refractivity (Wildman–Crippen MR) is 139 cm³/mol. The molecule has 4 amide bonds. The Bertz CT molecular complexity index is 1340. The van der Waals surface area contributed by atoms with Crippen LogP contribution in [0.4, 0.5) is 0 Å². The highest BCUT2D eigenvalue weighted by Crippen LogP contribution is 2.36. The zero-order valence-electron chi connectivity index (χ0n) is 21.3. The first-order chi connectivity index (χ1) is 18.8. The van der Waals surface area contributed by atoms with Gasteiger partial charge in [0, 0.05) is 6.08 Å². The van der Waals surface area contributed by atoms with E-state index in [1.54, 1.807) is 36.4 Å². The van der Waals surface area contributed by atoms with E-state index in [4.69, 9.17) is 9.47 Å². The second-order valence-corrected chi connectivity index (χ2v) is 10.0. The van der Waals surface area contributed by atoms with Gasteiger partial charge in [-0.3, -0.25) is 29.3 Å². The molecule has 1 aliphatic carbocycles. The van der Waals surface area contributed by atoms with Crippen LogP contribution in [-0.4, -0.2) is 42.2 Å². The summed E-state index contributed by atoms with van der Waals surface area (Å²) >= 11 is 0. The van der Waals surface area contributed by atoms with Crippen LogP contribution >= 0.6 is 0 Å².